The van der Waals surface area contributed by atoms with E-state index in [-0.39, 0.29) is 12.5 Å². The molecule has 0 spiro atoms. The Balaban J connectivity index is 2.17. The Morgan fingerprint density at radius 1 is 1.24 bits per heavy atom. The number of hydrogen-bond acceptors (Lipinski definition) is 3. The molecule has 1 rings (SSSR count). The second-order valence-electron chi connectivity index (χ2n) is 4.87. The standard InChI is InChI=1S/C13H26N2O2/c1-4-17-11-13(16)15(3)10-9-14(2)12-7-5-6-8-12/h12H,4-11H2,1-3H3. The molecular weight excluding hydrogens is 216 g/mol. The summed E-state index contributed by atoms with van der Waals surface area (Å²) in [5.74, 6) is 0.0756. The Bertz CT molecular complexity index is 227. The summed E-state index contributed by atoms with van der Waals surface area (Å²) in [4.78, 5) is 15.8. The summed E-state index contributed by atoms with van der Waals surface area (Å²) in [6.07, 6.45) is 5.34. The molecule has 1 fully saturated rings. The predicted octanol–water partition coefficient (Wildman–Crippen LogP) is 1.36. The fourth-order valence-corrected chi connectivity index (χ4v) is 2.26. The minimum absolute atomic E-state index is 0.0756. The van der Waals surface area contributed by atoms with E-state index in [1.807, 2.05) is 14.0 Å². The summed E-state index contributed by atoms with van der Waals surface area (Å²) < 4.78 is 5.12. The van der Waals surface area contributed by atoms with Crippen molar-refractivity contribution in [3.05, 3.63) is 0 Å². The van der Waals surface area contributed by atoms with Crippen LogP contribution in [-0.2, 0) is 9.53 Å². The van der Waals surface area contributed by atoms with E-state index in [0.717, 1.165) is 19.1 Å². The number of ether oxygens (including phenoxy) is 1. The molecule has 0 N–H and O–H groups in total. The highest BCUT2D eigenvalue weighted by molar-refractivity contribution is 5.77. The Morgan fingerprint density at radius 2 is 1.88 bits per heavy atom. The fraction of sp³-hybridized carbons (Fsp3) is 0.923. The second-order valence-corrected chi connectivity index (χ2v) is 4.87. The van der Waals surface area contributed by atoms with Gasteiger partial charge in [0, 0.05) is 32.8 Å². The van der Waals surface area contributed by atoms with E-state index in [0.29, 0.717) is 6.61 Å². The van der Waals surface area contributed by atoms with Crippen molar-refractivity contribution in [1.29, 1.82) is 0 Å². The van der Waals surface area contributed by atoms with Crippen LogP contribution in [0.25, 0.3) is 0 Å². The third-order valence-corrected chi connectivity index (χ3v) is 3.59. The molecule has 100 valence electrons. The first-order valence-electron chi connectivity index (χ1n) is 6.67. The molecule has 0 aromatic heterocycles. The number of carbonyl (C=O) groups excluding carboxylic acids is 1. The first-order valence-corrected chi connectivity index (χ1v) is 6.67. The maximum atomic E-state index is 11.6. The maximum absolute atomic E-state index is 11.6. The van der Waals surface area contributed by atoms with E-state index in [1.165, 1.54) is 25.7 Å². The number of amides is 1. The van der Waals surface area contributed by atoms with Gasteiger partial charge in [0.05, 0.1) is 0 Å². The normalized spacial score (nSPS) is 16.7. The van der Waals surface area contributed by atoms with Crippen molar-refractivity contribution >= 4 is 5.91 Å². The summed E-state index contributed by atoms with van der Waals surface area (Å²) in [5, 5.41) is 0. The van der Waals surface area contributed by atoms with E-state index >= 15 is 0 Å². The SMILES string of the molecule is CCOCC(=O)N(C)CCN(C)C1CCCC1. The first kappa shape index (κ1) is 14.5. The van der Waals surface area contributed by atoms with Crippen molar-refractivity contribution in [1.82, 2.24) is 9.80 Å². The van der Waals surface area contributed by atoms with Crippen molar-refractivity contribution in [2.45, 2.75) is 38.6 Å². The van der Waals surface area contributed by atoms with Crippen LogP contribution >= 0.6 is 0 Å². The van der Waals surface area contributed by atoms with Gasteiger partial charge in [0.1, 0.15) is 6.61 Å². The second kappa shape index (κ2) is 7.67. The molecule has 4 nitrogen and oxygen atoms in total. The van der Waals surface area contributed by atoms with Gasteiger partial charge in [0.2, 0.25) is 5.91 Å². The van der Waals surface area contributed by atoms with Crippen molar-refractivity contribution in [2.75, 3.05) is 40.4 Å². The lowest BCUT2D eigenvalue weighted by Gasteiger charge is -2.26. The first-order chi connectivity index (χ1) is 8.15. The molecular formula is C13H26N2O2. The number of carbonyl (C=O) groups is 1. The van der Waals surface area contributed by atoms with Crippen LogP contribution in [0.1, 0.15) is 32.6 Å². The number of nitrogens with zero attached hydrogens (tertiary/aromatic N) is 2. The molecule has 0 aromatic rings. The highest BCUT2D eigenvalue weighted by Gasteiger charge is 2.19. The molecule has 0 atom stereocenters. The van der Waals surface area contributed by atoms with Gasteiger partial charge in [-0.1, -0.05) is 12.8 Å². The summed E-state index contributed by atoms with van der Waals surface area (Å²) in [5.41, 5.74) is 0. The Hall–Kier alpha value is -0.610. The van der Waals surface area contributed by atoms with Gasteiger partial charge in [0.15, 0.2) is 0 Å². The van der Waals surface area contributed by atoms with Crippen molar-refractivity contribution in [3.8, 4) is 0 Å². The van der Waals surface area contributed by atoms with Gasteiger partial charge in [-0.15, -0.1) is 0 Å². The minimum Gasteiger partial charge on any atom is -0.372 e. The topological polar surface area (TPSA) is 32.8 Å². The van der Waals surface area contributed by atoms with E-state index in [9.17, 15) is 4.79 Å². The predicted molar refractivity (Wildman–Crippen MR) is 69.0 cm³/mol. The minimum atomic E-state index is 0.0756. The molecule has 0 unspecified atom stereocenters. The van der Waals surface area contributed by atoms with Crippen LogP contribution in [0.2, 0.25) is 0 Å². The lowest BCUT2D eigenvalue weighted by Crippen LogP contribution is -2.39. The molecule has 1 amide bonds. The van der Waals surface area contributed by atoms with Crippen molar-refractivity contribution in [2.24, 2.45) is 0 Å². The van der Waals surface area contributed by atoms with Gasteiger partial charge in [0.25, 0.3) is 0 Å². The summed E-state index contributed by atoms with van der Waals surface area (Å²) in [6, 6.07) is 0.727. The fourth-order valence-electron chi connectivity index (χ4n) is 2.26. The molecule has 17 heavy (non-hydrogen) atoms. The van der Waals surface area contributed by atoms with Crippen molar-refractivity contribution in [3.63, 3.8) is 0 Å². The molecule has 0 bridgehead atoms. The van der Waals surface area contributed by atoms with Crippen LogP contribution in [0.15, 0.2) is 0 Å². The highest BCUT2D eigenvalue weighted by Crippen LogP contribution is 2.21. The lowest BCUT2D eigenvalue weighted by molar-refractivity contribution is -0.134. The van der Waals surface area contributed by atoms with Crippen LogP contribution in [0, 0.1) is 0 Å². The van der Waals surface area contributed by atoms with Gasteiger partial charge in [-0.05, 0) is 26.8 Å². The summed E-state index contributed by atoms with van der Waals surface area (Å²) in [7, 11) is 4.01. The molecule has 4 heteroatoms. The highest BCUT2D eigenvalue weighted by atomic mass is 16.5. The zero-order chi connectivity index (χ0) is 12.7. The van der Waals surface area contributed by atoms with Gasteiger partial charge in [-0.3, -0.25) is 4.79 Å². The third kappa shape index (κ3) is 5.04. The van der Waals surface area contributed by atoms with Gasteiger partial charge >= 0.3 is 0 Å². The molecule has 0 saturated heterocycles. The van der Waals surface area contributed by atoms with E-state index in [2.05, 4.69) is 11.9 Å². The zero-order valence-corrected chi connectivity index (χ0v) is 11.4. The van der Waals surface area contributed by atoms with Crippen LogP contribution in [0.4, 0.5) is 0 Å². The third-order valence-electron chi connectivity index (χ3n) is 3.59. The van der Waals surface area contributed by atoms with Crippen LogP contribution in [0.3, 0.4) is 0 Å². The molecule has 0 aromatic carbocycles. The average Bonchev–Trinajstić information content (AvgIpc) is 2.86. The average molecular weight is 242 g/mol. The molecule has 0 radical (unpaired) electrons. The van der Waals surface area contributed by atoms with Gasteiger partial charge in [-0.25, -0.2) is 0 Å². The number of rotatable bonds is 7. The lowest BCUT2D eigenvalue weighted by atomic mass is 10.2. The van der Waals surface area contributed by atoms with E-state index in [4.69, 9.17) is 4.74 Å². The summed E-state index contributed by atoms with van der Waals surface area (Å²) in [6.45, 7) is 4.46. The largest absolute Gasteiger partial charge is 0.372 e. The molecule has 1 aliphatic rings. The monoisotopic (exact) mass is 242 g/mol. The van der Waals surface area contributed by atoms with Crippen molar-refractivity contribution < 1.29 is 9.53 Å². The summed E-state index contributed by atoms with van der Waals surface area (Å²) >= 11 is 0. The Labute approximate surface area is 105 Å². The van der Waals surface area contributed by atoms with Crippen LogP contribution in [-0.4, -0.2) is 62.1 Å². The van der Waals surface area contributed by atoms with Crippen LogP contribution < -0.4 is 0 Å². The van der Waals surface area contributed by atoms with Gasteiger partial charge in [-0.2, -0.15) is 0 Å². The van der Waals surface area contributed by atoms with E-state index in [1.54, 1.807) is 4.90 Å². The maximum Gasteiger partial charge on any atom is 0.248 e. The molecule has 0 aliphatic heterocycles. The quantitative estimate of drug-likeness (QED) is 0.676. The molecule has 1 saturated carbocycles. The smallest absolute Gasteiger partial charge is 0.248 e. The van der Waals surface area contributed by atoms with Gasteiger partial charge < -0.3 is 14.5 Å². The Morgan fingerprint density at radius 3 is 2.47 bits per heavy atom. The molecule has 1 aliphatic carbocycles. The van der Waals surface area contributed by atoms with E-state index < -0.39 is 0 Å². The number of likely N-dealkylation sites (N-methyl/N-ethyl adjacent to an activating group) is 2. The Kier molecular flexibility index (Phi) is 6.52. The zero-order valence-electron chi connectivity index (χ0n) is 11.4. The van der Waals surface area contributed by atoms with Crippen LogP contribution in [0.5, 0.6) is 0 Å². The number of hydrogen-bond donors (Lipinski definition) is 0. The molecule has 0 heterocycles.